The molecule has 1 heterocycles. The Hall–Kier alpha value is -1.27. The number of hydrogen-bond donors (Lipinski definition) is 3. The van der Waals surface area contributed by atoms with Gasteiger partial charge in [0.1, 0.15) is 0 Å². The summed E-state index contributed by atoms with van der Waals surface area (Å²) in [6.07, 6.45) is 3.74. The number of carbonyl (C=O) groups excluding carboxylic acids is 1. The molecule has 0 aliphatic carbocycles. The molecule has 0 unspecified atom stereocenters. The summed E-state index contributed by atoms with van der Waals surface area (Å²) in [4.78, 5) is 15.7. The monoisotopic (exact) mass is 332 g/mol. The fourth-order valence-corrected chi connectivity index (χ4v) is 2.08. The van der Waals surface area contributed by atoms with Gasteiger partial charge < -0.3 is 9.88 Å². The van der Waals surface area contributed by atoms with Gasteiger partial charge in [0, 0.05) is 30.2 Å². The number of hydrogen-bond acceptors (Lipinski definition) is 3. The first-order valence-electron chi connectivity index (χ1n) is 6.36. The molecule has 2 rings (SSSR count). The predicted molar refractivity (Wildman–Crippen MR) is 91.1 cm³/mol. The van der Waals surface area contributed by atoms with E-state index in [-0.39, 0.29) is 24.8 Å². The molecule has 21 heavy (non-hydrogen) atoms. The van der Waals surface area contributed by atoms with Crippen molar-refractivity contribution in [3.63, 3.8) is 0 Å². The van der Waals surface area contributed by atoms with Crippen LogP contribution >= 0.6 is 24.8 Å². The maximum Gasteiger partial charge on any atom is 0.221 e. The summed E-state index contributed by atoms with van der Waals surface area (Å²) in [7, 11) is 4.16. The van der Waals surface area contributed by atoms with Gasteiger partial charge in [-0.2, -0.15) is 0 Å². The van der Waals surface area contributed by atoms with Crippen LogP contribution in [0.15, 0.2) is 24.4 Å². The topological polar surface area (TPSA) is 60.2 Å². The van der Waals surface area contributed by atoms with Crippen LogP contribution < -0.4 is 10.9 Å². The molecule has 5 nitrogen and oxygen atoms in total. The second-order valence-corrected chi connectivity index (χ2v) is 4.86. The van der Waals surface area contributed by atoms with Gasteiger partial charge in [-0.1, -0.05) is 6.07 Å². The van der Waals surface area contributed by atoms with Crippen LogP contribution in [0.4, 0.5) is 0 Å². The Balaban J connectivity index is 0.00000200. The third-order valence-electron chi connectivity index (χ3n) is 3.11. The highest BCUT2D eigenvalue weighted by molar-refractivity contribution is 5.85. The average molecular weight is 333 g/mol. The van der Waals surface area contributed by atoms with Crippen molar-refractivity contribution in [2.75, 3.05) is 20.6 Å². The average Bonchev–Trinajstić information content (AvgIpc) is 2.79. The van der Waals surface area contributed by atoms with Crippen molar-refractivity contribution >= 4 is 42.1 Å². The third kappa shape index (κ3) is 5.55. The van der Waals surface area contributed by atoms with Gasteiger partial charge in [0.05, 0.1) is 0 Å². The van der Waals surface area contributed by atoms with E-state index in [1.165, 1.54) is 10.9 Å². The lowest BCUT2D eigenvalue weighted by Gasteiger charge is -2.08. The summed E-state index contributed by atoms with van der Waals surface area (Å²) >= 11 is 0. The van der Waals surface area contributed by atoms with Crippen molar-refractivity contribution in [3.05, 3.63) is 35.5 Å². The zero-order chi connectivity index (χ0) is 13.7. The number of aromatic amines is 1. The third-order valence-corrected chi connectivity index (χ3v) is 3.11. The van der Waals surface area contributed by atoms with Gasteiger partial charge in [-0.05, 0) is 43.8 Å². The van der Waals surface area contributed by atoms with Crippen LogP contribution in [0.3, 0.4) is 0 Å². The van der Waals surface area contributed by atoms with Crippen molar-refractivity contribution in [1.29, 1.82) is 0 Å². The van der Waals surface area contributed by atoms with E-state index in [2.05, 4.69) is 53.2 Å². The van der Waals surface area contributed by atoms with Crippen molar-refractivity contribution in [3.8, 4) is 0 Å². The molecular formula is C14H22Cl2N4O. The second kappa shape index (κ2) is 9.63. The quantitative estimate of drug-likeness (QED) is 0.412. The van der Waals surface area contributed by atoms with Gasteiger partial charge in [0.2, 0.25) is 6.41 Å². The van der Waals surface area contributed by atoms with Crippen molar-refractivity contribution < 1.29 is 4.79 Å². The molecule has 0 saturated heterocycles. The molecule has 118 valence electrons. The molecule has 1 aromatic heterocycles. The van der Waals surface area contributed by atoms with Crippen molar-refractivity contribution in [2.45, 2.75) is 13.0 Å². The van der Waals surface area contributed by atoms with E-state index in [0.29, 0.717) is 13.0 Å². The Bertz CT molecular complexity index is 557. The van der Waals surface area contributed by atoms with Crippen LogP contribution in [0, 0.1) is 0 Å². The molecule has 1 aromatic carbocycles. The molecule has 3 N–H and O–H groups in total. The fraction of sp³-hybridized carbons (Fsp3) is 0.357. The number of fused-ring (bicyclic) bond motifs is 1. The summed E-state index contributed by atoms with van der Waals surface area (Å²) in [6, 6.07) is 6.29. The van der Waals surface area contributed by atoms with E-state index in [4.69, 9.17) is 0 Å². The molecule has 0 spiro atoms. The molecule has 2 aromatic rings. The molecule has 0 fully saturated rings. The molecule has 1 amide bonds. The highest BCUT2D eigenvalue weighted by Gasteiger charge is 2.05. The van der Waals surface area contributed by atoms with E-state index < -0.39 is 0 Å². The van der Waals surface area contributed by atoms with E-state index >= 15 is 0 Å². The van der Waals surface area contributed by atoms with Crippen LogP contribution in [0.2, 0.25) is 0 Å². The largest absolute Gasteiger partial charge is 0.361 e. The lowest BCUT2D eigenvalue weighted by molar-refractivity contribution is -0.110. The van der Waals surface area contributed by atoms with E-state index in [1.54, 1.807) is 0 Å². The van der Waals surface area contributed by atoms with Crippen molar-refractivity contribution in [2.24, 2.45) is 0 Å². The molecular weight excluding hydrogens is 311 g/mol. The number of aromatic nitrogens is 1. The number of benzene rings is 1. The highest BCUT2D eigenvalue weighted by atomic mass is 35.5. The van der Waals surface area contributed by atoms with Gasteiger partial charge in [-0.15, -0.1) is 24.8 Å². The summed E-state index contributed by atoms with van der Waals surface area (Å²) in [6.45, 7) is 1.65. The first-order chi connectivity index (χ1) is 9.20. The smallest absolute Gasteiger partial charge is 0.221 e. The maximum atomic E-state index is 10.2. The molecule has 0 atom stereocenters. The van der Waals surface area contributed by atoms with Crippen molar-refractivity contribution in [1.82, 2.24) is 20.7 Å². The van der Waals surface area contributed by atoms with Crippen LogP contribution in [-0.2, 0) is 17.8 Å². The van der Waals surface area contributed by atoms with Crippen LogP contribution in [-0.4, -0.2) is 36.9 Å². The van der Waals surface area contributed by atoms with Gasteiger partial charge in [0.15, 0.2) is 0 Å². The van der Waals surface area contributed by atoms with E-state index in [0.717, 1.165) is 24.0 Å². The zero-order valence-corrected chi connectivity index (χ0v) is 13.8. The Kier molecular flexibility index (Phi) is 9.05. The Morgan fingerprint density at radius 3 is 2.71 bits per heavy atom. The van der Waals surface area contributed by atoms with Gasteiger partial charge >= 0.3 is 0 Å². The molecule has 7 heteroatoms. The number of nitrogens with zero attached hydrogens (tertiary/aromatic N) is 1. The van der Waals surface area contributed by atoms with E-state index in [9.17, 15) is 4.79 Å². The van der Waals surface area contributed by atoms with Gasteiger partial charge in [-0.25, -0.2) is 5.43 Å². The summed E-state index contributed by atoms with van der Waals surface area (Å²) < 4.78 is 0. The molecule has 0 aliphatic rings. The number of hydrazine groups is 1. The number of amides is 1. The SMILES string of the molecule is CN(C)CCc1c[nH]c2ccc(CNNC=O)cc12.Cl.Cl. The molecule has 0 aliphatic heterocycles. The summed E-state index contributed by atoms with van der Waals surface area (Å²) in [5.41, 5.74) is 8.92. The number of rotatable bonds is 7. The first kappa shape index (κ1) is 19.7. The molecule has 0 saturated carbocycles. The lowest BCUT2D eigenvalue weighted by Crippen LogP contribution is -2.29. The Morgan fingerprint density at radius 2 is 2.05 bits per heavy atom. The molecule has 0 radical (unpaired) electrons. The Morgan fingerprint density at radius 1 is 1.29 bits per heavy atom. The fourth-order valence-electron chi connectivity index (χ4n) is 2.08. The van der Waals surface area contributed by atoms with Crippen LogP contribution in [0.5, 0.6) is 0 Å². The summed E-state index contributed by atoms with van der Waals surface area (Å²) in [5.74, 6) is 0. The number of likely N-dealkylation sites (N-methyl/N-ethyl adjacent to an activating group) is 1. The number of nitrogens with one attached hydrogen (secondary N) is 3. The normalized spacial score (nSPS) is 10.0. The summed E-state index contributed by atoms with van der Waals surface area (Å²) in [5, 5.41) is 1.26. The second-order valence-electron chi connectivity index (χ2n) is 4.86. The lowest BCUT2D eigenvalue weighted by atomic mass is 10.1. The maximum absolute atomic E-state index is 10.2. The first-order valence-corrected chi connectivity index (χ1v) is 6.36. The minimum Gasteiger partial charge on any atom is -0.361 e. The van der Waals surface area contributed by atoms with Crippen LogP contribution in [0.1, 0.15) is 11.1 Å². The minimum atomic E-state index is 0. The standard InChI is InChI=1S/C14H20N4O.2ClH/c1-18(2)6-5-12-9-15-14-4-3-11(7-13(12)14)8-16-17-10-19;;/h3-4,7,9-10,15-16H,5-6,8H2,1-2H3,(H,17,19);2*1H. The van der Waals surface area contributed by atoms with Crippen LogP contribution in [0.25, 0.3) is 10.9 Å². The highest BCUT2D eigenvalue weighted by Crippen LogP contribution is 2.20. The number of halogens is 2. The predicted octanol–water partition coefficient (Wildman–Crippen LogP) is 1.87. The molecule has 0 bridgehead atoms. The van der Waals surface area contributed by atoms with E-state index in [1.807, 2.05) is 6.07 Å². The number of H-pyrrole nitrogens is 1. The minimum absolute atomic E-state index is 0. The van der Waals surface area contributed by atoms with Gasteiger partial charge in [0.25, 0.3) is 0 Å². The zero-order valence-electron chi connectivity index (χ0n) is 12.2. The van der Waals surface area contributed by atoms with Gasteiger partial charge in [-0.3, -0.25) is 10.2 Å². The number of carbonyl (C=O) groups is 1. The Labute approximate surface area is 137 Å².